The lowest BCUT2D eigenvalue weighted by atomic mass is 10.0. The maximum absolute atomic E-state index is 11.5. The van der Waals surface area contributed by atoms with E-state index in [0.29, 0.717) is 17.7 Å². The average Bonchev–Trinajstić information content (AvgIpc) is 2.33. The highest BCUT2D eigenvalue weighted by molar-refractivity contribution is 5.67. The number of hydrogen-bond donors (Lipinski definition) is 3. The lowest BCUT2D eigenvalue weighted by Crippen LogP contribution is -2.32. The molecule has 0 aromatic heterocycles. The van der Waals surface area contributed by atoms with E-state index in [-0.39, 0.29) is 13.2 Å². The zero-order valence-corrected chi connectivity index (χ0v) is 11.6. The Labute approximate surface area is 113 Å². The number of nitrogens with one attached hydrogen (secondary N) is 1. The van der Waals surface area contributed by atoms with Gasteiger partial charge in [0.15, 0.2) is 0 Å². The molecule has 0 radical (unpaired) electrons. The molecule has 0 bridgehead atoms. The summed E-state index contributed by atoms with van der Waals surface area (Å²) in [4.78, 5) is 11.5. The Hall–Kier alpha value is -1.59. The van der Waals surface area contributed by atoms with Gasteiger partial charge in [-0.3, -0.25) is 0 Å². The molecular weight excluding hydrogens is 246 g/mol. The van der Waals surface area contributed by atoms with Crippen molar-refractivity contribution in [2.75, 3.05) is 0 Å². The van der Waals surface area contributed by atoms with Crippen LogP contribution in [0.15, 0.2) is 18.2 Å². The van der Waals surface area contributed by atoms with Crippen molar-refractivity contribution in [1.29, 1.82) is 0 Å². The van der Waals surface area contributed by atoms with Crippen LogP contribution in [-0.4, -0.2) is 21.9 Å². The van der Waals surface area contributed by atoms with E-state index >= 15 is 0 Å². The predicted molar refractivity (Wildman–Crippen MR) is 71.4 cm³/mol. The molecule has 0 aliphatic rings. The van der Waals surface area contributed by atoms with Crippen molar-refractivity contribution in [3.8, 4) is 0 Å². The van der Waals surface area contributed by atoms with Crippen LogP contribution in [0, 0.1) is 0 Å². The third-order valence-corrected chi connectivity index (χ3v) is 2.45. The molecule has 0 spiro atoms. The molecule has 0 saturated carbocycles. The van der Waals surface area contributed by atoms with Crippen LogP contribution in [-0.2, 0) is 24.5 Å². The summed E-state index contributed by atoms with van der Waals surface area (Å²) in [6, 6.07) is 5.28. The van der Waals surface area contributed by atoms with E-state index in [9.17, 15) is 9.90 Å². The van der Waals surface area contributed by atoms with E-state index in [1.54, 1.807) is 39.0 Å². The van der Waals surface area contributed by atoms with Crippen LogP contribution in [0.3, 0.4) is 0 Å². The van der Waals surface area contributed by atoms with Gasteiger partial charge in [-0.2, -0.15) is 0 Å². The summed E-state index contributed by atoms with van der Waals surface area (Å²) in [5, 5.41) is 20.9. The number of aliphatic hydroxyl groups excluding tert-OH is 2. The first-order valence-electron chi connectivity index (χ1n) is 6.15. The van der Waals surface area contributed by atoms with Crippen molar-refractivity contribution in [3.63, 3.8) is 0 Å². The first-order chi connectivity index (χ1) is 8.85. The van der Waals surface area contributed by atoms with E-state index in [4.69, 9.17) is 9.84 Å². The molecule has 1 aromatic rings. The monoisotopic (exact) mass is 267 g/mol. The summed E-state index contributed by atoms with van der Waals surface area (Å²) >= 11 is 0. The summed E-state index contributed by atoms with van der Waals surface area (Å²) in [6.45, 7) is 5.45. The normalized spacial score (nSPS) is 11.2. The quantitative estimate of drug-likeness (QED) is 0.775. The molecule has 5 nitrogen and oxygen atoms in total. The largest absolute Gasteiger partial charge is 0.444 e. The van der Waals surface area contributed by atoms with Crippen LogP contribution in [0.2, 0.25) is 0 Å². The lowest BCUT2D eigenvalue weighted by Gasteiger charge is -2.19. The van der Waals surface area contributed by atoms with Gasteiger partial charge in [0.2, 0.25) is 0 Å². The molecule has 0 unspecified atom stereocenters. The van der Waals surface area contributed by atoms with E-state index < -0.39 is 11.7 Å². The van der Waals surface area contributed by atoms with Gasteiger partial charge in [0.1, 0.15) is 5.60 Å². The Kier molecular flexibility index (Phi) is 5.32. The van der Waals surface area contributed by atoms with Gasteiger partial charge in [0, 0.05) is 6.54 Å². The second-order valence-corrected chi connectivity index (χ2v) is 5.27. The molecule has 0 aliphatic heterocycles. The van der Waals surface area contributed by atoms with Gasteiger partial charge in [-0.25, -0.2) is 4.79 Å². The molecule has 19 heavy (non-hydrogen) atoms. The van der Waals surface area contributed by atoms with Gasteiger partial charge in [-0.05, 0) is 37.5 Å². The molecule has 0 saturated heterocycles. The molecule has 0 aliphatic carbocycles. The molecule has 0 atom stereocenters. The Balaban J connectivity index is 2.61. The first-order valence-corrected chi connectivity index (χ1v) is 6.15. The van der Waals surface area contributed by atoms with Crippen molar-refractivity contribution in [3.05, 3.63) is 34.9 Å². The number of hydrogen-bond acceptors (Lipinski definition) is 4. The summed E-state index contributed by atoms with van der Waals surface area (Å²) < 4.78 is 5.12. The summed E-state index contributed by atoms with van der Waals surface area (Å²) in [6.07, 6.45) is -0.482. The number of benzene rings is 1. The fourth-order valence-electron chi connectivity index (χ4n) is 1.58. The molecular formula is C14H21NO4. The molecule has 0 fully saturated rings. The van der Waals surface area contributed by atoms with Gasteiger partial charge in [-0.1, -0.05) is 18.2 Å². The summed E-state index contributed by atoms with van der Waals surface area (Å²) in [5.41, 5.74) is 1.66. The number of aliphatic hydroxyl groups is 2. The number of amides is 1. The van der Waals surface area contributed by atoms with Crippen molar-refractivity contribution in [1.82, 2.24) is 5.32 Å². The first kappa shape index (κ1) is 15.5. The summed E-state index contributed by atoms with van der Waals surface area (Å²) in [5.74, 6) is 0. The fraction of sp³-hybridized carbons (Fsp3) is 0.500. The zero-order valence-electron chi connectivity index (χ0n) is 11.6. The highest BCUT2D eigenvalue weighted by atomic mass is 16.6. The van der Waals surface area contributed by atoms with E-state index in [2.05, 4.69) is 5.32 Å². The molecule has 5 heteroatoms. The maximum Gasteiger partial charge on any atom is 0.407 e. The number of alkyl carbamates (subject to hydrolysis) is 1. The van der Waals surface area contributed by atoms with Crippen molar-refractivity contribution in [2.24, 2.45) is 0 Å². The van der Waals surface area contributed by atoms with E-state index in [1.165, 1.54) is 0 Å². The standard InChI is InChI=1S/C14H21NO4/c1-14(2,3)19-13(18)15-7-10-4-5-11(8-16)12(6-10)9-17/h4-6,16-17H,7-9H2,1-3H3,(H,15,18). The minimum Gasteiger partial charge on any atom is -0.444 e. The van der Waals surface area contributed by atoms with Crippen LogP contribution in [0.1, 0.15) is 37.5 Å². The Morgan fingerprint density at radius 2 is 1.84 bits per heavy atom. The second-order valence-electron chi connectivity index (χ2n) is 5.27. The van der Waals surface area contributed by atoms with E-state index in [1.807, 2.05) is 0 Å². The molecule has 1 rings (SSSR count). The topological polar surface area (TPSA) is 78.8 Å². The number of ether oxygens (including phenoxy) is 1. The number of rotatable bonds is 4. The highest BCUT2D eigenvalue weighted by Crippen LogP contribution is 2.13. The van der Waals surface area contributed by atoms with E-state index in [0.717, 1.165) is 5.56 Å². The van der Waals surface area contributed by atoms with Gasteiger partial charge in [-0.15, -0.1) is 0 Å². The fourth-order valence-corrected chi connectivity index (χ4v) is 1.58. The van der Waals surface area contributed by atoms with Crippen molar-refractivity contribution in [2.45, 2.75) is 46.1 Å². The SMILES string of the molecule is CC(C)(C)OC(=O)NCc1ccc(CO)c(CO)c1. The second kappa shape index (κ2) is 6.54. The molecule has 1 aromatic carbocycles. The summed E-state index contributed by atoms with van der Waals surface area (Å²) in [7, 11) is 0. The third-order valence-electron chi connectivity index (χ3n) is 2.45. The molecule has 1 amide bonds. The van der Waals surface area contributed by atoms with Crippen LogP contribution in [0.4, 0.5) is 4.79 Å². The van der Waals surface area contributed by atoms with Gasteiger partial charge < -0.3 is 20.3 Å². The van der Waals surface area contributed by atoms with Crippen LogP contribution in [0.5, 0.6) is 0 Å². The van der Waals surface area contributed by atoms with Crippen LogP contribution >= 0.6 is 0 Å². The van der Waals surface area contributed by atoms with Crippen LogP contribution in [0.25, 0.3) is 0 Å². The molecule has 106 valence electrons. The molecule has 3 N–H and O–H groups in total. The van der Waals surface area contributed by atoms with Gasteiger partial charge in [0.05, 0.1) is 13.2 Å². The van der Waals surface area contributed by atoms with Gasteiger partial charge >= 0.3 is 6.09 Å². The smallest absolute Gasteiger partial charge is 0.407 e. The van der Waals surface area contributed by atoms with Gasteiger partial charge in [0.25, 0.3) is 0 Å². The number of carbonyl (C=O) groups excluding carboxylic acids is 1. The maximum atomic E-state index is 11.5. The molecule has 0 heterocycles. The minimum absolute atomic E-state index is 0.115. The predicted octanol–water partition coefficient (Wildman–Crippen LogP) is 1.70. The Morgan fingerprint density at radius 3 is 2.37 bits per heavy atom. The van der Waals surface area contributed by atoms with Crippen molar-refractivity contribution >= 4 is 6.09 Å². The highest BCUT2D eigenvalue weighted by Gasteiger charge is 2.15. The minimum atomic E-state index is -0.527. The van der Waals surface area contributed by atoms with Crippen LogP contribution < -0.4 is 5.32 Å². The third kappa shape index (κ3) is 5.28. The van der Waals surface area contributed by atoms with Crippen molar-refractivity contribution < 1.29 is 19.7 Å². The lowest BCUT2D eigenvalue weighted by molar-refractivity contribution is 0.0523. The Morgan fingerprint density at radius 1 is 1.21 bits per heavy atom. The zero-order chi connectivity index (χ0) is 14.5. The Bertz CT molecular complexity index is 438. The average molecular weight is 267 g/mol. The number of carbonyl (C=O) groups is 1.